The lowest BCUT2D eigenvalue weighted by atomic mass is 10.0. The molecule has 0 aliphatic rings. The van der Waals surface area contributed by atoms with Crippen molar-refractivity contribution >= 4 is 35.0 Å². The third-order valence-electron chi connectivity index (χ3n) is 5.34. The highest BCUT2D eigenvalue weighted by Gasteiger charge is 2.30. The summed E-state index contributed by atoms with van der Waals surface area (Å²) in [5.74, 6) is -0.323. The van der Waals surface area contributed by atoms with Gasteiger partial charge in [-0.25, -0.2) is 0 Å². The van der Waals surface area contributed by atoms with Gasteiger partial charge >= 0.3 is 0 Å². The molecule has 0 bridgehead atoms. The molecule has 0 saturated carbocycles. The van der Waals surface area contributed by atoms with Crippen molar-refractivity contribution in [3.8, 4) is 0 Å². The van der Waals surface area contributed by atoms with Gasteiger partial charge in [0.1, 0.15) is 6.04 Å². The smallest absolute Gasteiger partial charge is 0.242 e. The van der Waals surface area contributed by atoms with Gasteiger partial charge in [-0.15, -0.1) is 0 Å². The van der Waals surface area contributed by atoms with Crippen LogP contribution in [0.15, 0.2) is 78.9 Å². The second kappa shape index (κ2) is 11.7. The Labute approximate surface area is 199 Å². The number of hydrogen-bond donors (Lipinski definition) is 1. The molecule has 2 amide bonds. The molecule has 0 aromatic heterocycles. The topological polar surface area (TPSA) is 49.4 Å². The first-order chi connectivity index (χ1) is 15.5. The Bertz CT molecular complexity index is 1040. The fourth-order valence-electron chi connectivity index (χ4n) is 3.59. The molecule has 166 valence electrons. The number of likely N-dealkylation sites (N-methyl/N-ethyl adjacent to an activating group) is 1. The van der Waals surface area contributed by atoms with E-state index in [4.69, 9.17) is 23.2 Å². The number of benzene rings is 3. The van der Waals surface area contributed by atoms with E-state index >= 15 is 0 Å². The lowest BCUT2D eigenvalue weighted by Gasteiger charge is -2.31. The summed E-state index contributed by atoms with van der Waals surface area (Å²) in [6.45, 7) is 0.217. The van der Waals surface area contributed by atoms with E-state index in [1.165, 1.54) is 0 Å². The molecule has 0 aliphatic carbocycles. The summed E-state index contributed by atoms with van der Waals surface area (Å²) in [5.41, 5.74) is 2.79. The zero-order valence-electron chi connectivity index (χ0n) is 17.9. The second-order valence-corrected chi connectivity index (χ2v) is 8.41. The number of carbonyl (C=O) groups is 2. The molecule has 0 spiro atoms. The molecule has 3 rings (SSSR count). The second-order valence-electron chi connectivity index (χ2n) is 7.56. The van der Waals surface area contributed by atoms with Crippen LogP contribution in [-0.4, -0.2) is 29.8 Å². The maximum Gasteiger partial charge on any atom is 0.242 e. The number of aryl methyl sites for hydroxylation is 1. The van der Waals surface area contributed by atoms with Gasteiger partial charge in [0, 0.05) is 36.5 Å². The normalized spacial score (nSPS) is 11.6. The van der Waals surface area contributed by atoms with Gasteiger partial charge in [-0.3, -0.25) is 9.59 Å². The Balaban J connectivity index is 1.90. The standard InChI is InChI=1S/C26H26Cl2N2O2/c1-29-26(32)24(16-20-10-6-3-7-11-20)30(18-21-13-14-22(27)17-23(21)28)25(31)15-12-19-8-4-2-5-9-19/h2-11,13-14,17,24H,12,15-16,18H2,1H3,(H,29,32)/t24-/m1/s1. The molecule has 0 saturated heterocycles. The number of hydrogen-bond acceptors (Lipinski definition) is 2. The first kappa shape index (κ1) is 23.8. The number of amides is 2. The Morgan fingerprint density at radius 1 is 0.906 bits per heavy atom. The minimum atomic E-state index is -0.669. The van der Waals surface area contributed by atoms with Crippen molar-refractivity contribution in [2.75, 3.05) is 7.05 Å². The maximum atomic E-state index is 13.4. The monoisotopic (exact) mass is 468 g/mol. The number of halogens is 2. The van der Waals surface area contributed by atoms with Crippen LogP contribution in [0.3, 0.4) is 0 Å². The summed E-state index contributed by atoms with van der Waals surface area (Å²) in [7, 11) is 1.59. The highest BCUT2D eigenvalue weighted by molar-refractivity contribution is 6.35. The van der Waals surface area contributed by atoms with E-state index in [2.05, 4.69) is 5.32 Å². The summed E-state index contributed by atoms with van der Waals surface area (Å²) < 4.78 is 0. The van der Waals surface area contributed by atoms with Crippen molar-refractivity contribution in [3.05, 3.63) is 106 Å². The van der Waals surface area contributed by atoms with Crippen LogP contribution >= 0.6 is 23.2 Å². The molecule has 0 aliphatic heterocycles. The number of nitrogens with one attached hydrogen (secondary N) is 1. The summed E-state index contributed by atoms with van der Waals surface area (Å²) in [6.07, 6.45) is 1.29. The Morgan fingerprint density at radius 2 is 1.53 bits per heavy atom. The maximum absolute atomic E-state index is 13.4. The predicted molar refractivity (Wildman–Crippen MR) is 130 cm³/mol. The van der Waals surface area contributed by atoms with Gasteiger partial charge in [-0.2, -0.15) is 0 Å². The molecule has 4 nitrogen and oxygen atoms in total. The van der Waals surface area contributed by atoms with E-state index in [9.17, 15) is 9.59 Å². The highest BCUT2D eigenvalue weighted by Crippen LogP contribution is 2.24. The number of nitrogens with zero attached hydrogens (tertiary/aromatic N) is 1. The van der Waals surface area contributed by atoms with Crippen molar-refractivity contribution in [3.63, 3.8) is 0 Å². The lowest BCUT2D eigenvalue weighted by molar-refractivity contribution is -0.141. The minimum absolute atomic E-state index is 0.107. The molecule has 0 heterocycles. The fourth-order valence-corrected chi connectivity index (χ4v) is 4.06. The fraction of sp³-hybridized carbons (Fsp3) is 0.231. The summed E-state index contributed by atoms with van der Waals surface area (Å²) >= 11 is 12.5. The first-order valence-corrected chi connectivity index (χ1v) is 11.3. The van der Waals surface area contributed by atoms with E-state index < -0.39 is 6.04 Å². The molecular weight excluding hydrogens is 443 g/mol. The molecule has 1 atom stereocenters. The van der Waals surface area contributed by atoms with E-state index in [0.717, 1.165) is 16.7 Å². The van der Waals surface area contributed by atoms with Crippen molar-refractivity contribution < 1.29 is 9.59 Å². The van der Waals surface area contributed by atoms with Crippen molar-refractivity contribution in [1.82, 2.24) is 10.2 Å². The summed E-state index contributed by atoms with van der Waals surface area (Å²) in [5, 5.41) is 3.70. The molecular formula is C26H26Cl2N2O2. The van der Waals surface area contributed by atoms with E-state index in [0.29, 0.717) is 22.9 Å². The minimum Gasteiger partial charge on any atom is -0.357 e. The van der Waals surface area contributed by atoms with Crippen molar-refractivity contribution in [1.29, 1.82) is 0 Å². The molecule has 1 N–H and O–H groups in total. The third-order valence-corrected chi connectivity index (χ3v) is 5.93. The van der Waals surface area contributed by atoms with Gasteiger partial charge in [0.2, 0.25) is 11.8 Å². The van der Waals surface area contributed by atoms with Crippen LogP contribution in [-0.2, 0) is 29.0 Å². The van der Waals surface area contributed by atoms with Crippen molar-refractivity contribution in [2.24, 2.45) is 0 Å². The van der Waals surface area contributed by atoms with Crippen LogP contribution in [0, 0.1) is 0 Å². The first-order valence-electron chi connectivity index (χ1n) is 10.5. The van der Waals surface area contributed by atoms with Gasteiger partial charge < -0.3 is 10.2 Å². The quantitative estimate of drug-likeness (QED) is 0.462. The van der Waals surface area contributed by atoms with Gasteiger partial charge in [-0.05, 0) is 35.2 Å². The summed E-state index contributed by atoms with van der Waals surface area (Å²) in [4.78, 5) is 28.0. The molecule has 3 aromatic carbocycles. The van der Waals surface area contributed by atoms with Gasteiger partial charge in [0.05, 0.1) is 0 Å². The number of carbonyl (C=O) groups excluding carboxylic acids is 2. The van der Waals surface area contributed by atoms with Crippen LogP contribution in [0.5, 0.6) is 0 Å². The van der Waals surface area contributed by atoms with Crippen LogP contribution in [0.1, 0.15) is 23.1 Å². The average Bonchev–Trinajstić information content (AvgIpc) is 2.81. The van der Waals surface area contributed by atoms with E-state index in [-0.39, 0.29) is 24.8 Å². The Kier molecular flexibility index (Phi) is 8.72. The molecule has 0 unspecified atom stereocenters. The van der Waals surface area contributed by atoms with Crippen LogP contribution in [0.4, 0.5) is 0 Å². The lowest BCUT2D eigenvalue weighted by Crippen LogP contribution is -2.49. The van der Waals surface area contributed by atoms with Gasteiger partial charge in [0.25, 0.3) is 0 Å². The largest absolute Gasteiger partial charge is 0.357 e. The Morgan fingerprint density at radius 3 is 2.12 bits per heavy atom. The Hall–Kier alpha value is -2.82. The average molecular weight is 469 g/mol. The SMILES string of the molecule is CNC(=O)[C@@H](Cc1ccccc1)N(Cc1ccc(Cl)cc1Cl)C(=O)CCc1ccccc1. The third kappa shape index (κ3) is 6.59. The van der Waals surface area contributed by atoms with Gasteiger partial charge in [-0.1, -0.05) is 89.9 Å². The molecule has 3 aromatic rings. The molecule has 6 heteroatoms. The zero-order valence-corrected chi connectivity index (χ0v) is 19.4. The molecule has 32 heavy (non-hydrogen) atoms. The highest BCUT2D eigenvalue weighted by atomic mass is 35.5. The zero-order chi connectivity index (χ0) is 22.9. The summed E-state index contributed by atoms with van der Waals surface area (Å²) in [6, 6.07) is 24.0. The van der Waals surface area contributed by atoms with Gasteiger partial charge in [0.15, 0.2) is 0 Å². The van der Waals surface area contributed by atoms with Crippen LogP contribution in [0.2, 0.25) is 10.0 Å². The van der Waals surface area contributed by atoms with E-state index in [1.54, 1.807) is 30.1 Å². The predicted octanol–water partition coefficient (Wildman–Crippen LogP) is 5.31. The van der Waals surface area contributed by atoms with E-state index in [1.807, 2.05) is 60.7 Å². The van der Waals surface area contributed by atoms with Crippen LogP contribution < -0.4 is 5.32 Å². The number of rotatable bonds is 9. The van der Waals surface area contributed by atoms with Crippen molar-refractivity contribution in [2.45, 2.75) is 31.8 Å². The molecule has 0 radical (unpaired) electrons. The van der Waals surface area contributed by atoms with Crippen LogP contribution in [0.25, 0.3) is 0 Å². The molecule has 0 fully saturated rings.